The SMILES string of the molecule is C[N+](C)(CC(O)CO)C(CC(O)CO)(CC(O)CO)CC1CO1.[Cl-]. The van der Waals surface area contributed by atoms with Crippen molar-refractivity contribution in [3.8, 4) is 0 Å². The van der Waals surface area contributed by atoms with Crippen molar-refractivity contribution in [3.63, 3.8) is 0 Å². The maximum absolute atomic E-state index is 10.0. The molecule has 0 bridgehead atoms. The number of nitrogens with zero attached hydrogens (tertiary/aromatic N) is 1. The van der Waals surface area contributed by atoms with Gasteiger partial charge in [0.25, 0.3) is 0 Å². The van der Waals surface area contributed by atoms with Crippen LogP contribution < -0.4 is 12.4 Å². The molecule has 0 spiro atoms. The van der Waals surface area contributed by atoms with Gasteiger partial charge in [-0.1, -0.05) is 0 Å². The van der Waals surface area contributed by atoms with Crippen molar-refractivity contribution in [2.45, 2.75) is 49.2 Å². The van der Waals surface area contributed by atoms with Crippen molar-refractivity contribution in [1.82, 2.24) is 0 Å². The number of likely N-dealkylation sites (N-methyl/N-ethyl adjacent to an activating group) is 1. The van der Waals surface area contributed by atoms with Gasteiger partial charge in [-0.3, -0.25) is 0 Å². The molecule has 1 aliphatic heterocycles. The van der Waals surface area contributed by atoms with E-state index in [-0.39, 0.29) is 49.0 Å². The van der Waals surface area contributed by atoms with Crippen LogP contribution >= 0.6 is 0 Å². The Hall–Kier alpha value is -0.0300. The van der Waals surface area contributed by atoms with E-state index in [9.17, 15) is 25.5 Å². The third kappa shape index (κ3) is 6.70. The second-order valence-electron chi connectivity index (χ2n) is 7.17. The first-order chi connectivity index (χ1) is 10.7. The summed E-state index contributed by atoms with van der Waals surface area (Å²) < 4.78 is 5.52. The van der Waals surface area contributed by atoms with Crippen molar-refractivity contribution in [3.05, 3.63) is 0 Å². The molecule has 146 valence electrons. The average molecular weight is 374 g/mol. The number of epoxide rings is 1. The van der Waals surface area contributed by atoms with Crippen LogP contribution in [0.15, 0.2) is 0 Å². The molecule has 0 aromatic heterocycles. The standard InChI is InChI=1S/C15H32NO7.ClH/c1-16(2,6-13(22)9-19)15(3-11(20)7-17,4-12(21)8-18)5-14-10-23-14;/h11-14,17-22H,3-10H2,1-2H3;1H/q+1;/p-1. The molecule has 0 saturated carbocycles. The molecule has 4 atom stereocenters. The predicted octanol–water partition coefficient (Wildman–Crippen LogP) is -5.57. The van der Waals surface area contributed by atoms with Gasteiger partial charge in [0, 0.05) is 19.3 Å². The minimum absolute atomic E-state index is 0. The Morgan fingerprint density at radius 3 is 1.71 bits per heavy atom. The van der Waals surface area contributed by atoms with Crippen LogP contribution in [-0.4, -0.2) is 112 Å². The first-order valence-electron chi connectivity index (χ1n) is 8.01. The van der Waals surface area contributed by atoms with E-state index in [4.69, 9.17) is 9.84 Å². The van der Waals surface area contributed by atoms with Gasteiger partial charge in [0.2, 0.25) is 0 Å². The van der Waals surface area contributed by atoms with Gasteiger partial charge in [0.1, 0.15) is 18.2 Å². The first kappa shape index (κ1) is 24.0. The molecule has 0 aromatic rings. The second kappa shape index (κ2) is 10.2. The van der Waals surface area contributed by atoms with Crippen LogP contribution in [0.2, 0.25) is 0 Å². The number of ether oxygens (including phenoxy) is 1. The molecular formula is C15H32ClNO7. The fourth-order valence-electron chi connectivity index (χ4n) is 3.39. The van der Waals surface area contributed by atoms with E-state index in [0.717, 1.165) is 0 Å². The summed E-state index contributed by atoms with van der Waals surface area (Å²) in [6.07, 6.45) is -2.02. The number of rotatable bonds is 12. The van der Waals surface area contributed by atoms with E-state index in [1.54, 1.807) is 0 Å². The summed E-state index contributed by atoms with van der Waals surface area (Å²) in [5, 5.41) is 57.5. The van der Waals surface area contributed by atoms with Gasteiger partial charge in [0.05, 0.1) is 58.8 Å². The van der Waals surface area contributed by atoms with E-state index in [1.165, 1.54) is 0 Å². The molecule has 1 heterocycles. The van der Waals surface area contributed by atoms with Crippen LogP contribution in [0.3, 0.4) is 0 Å². The Morgan fingerprint density at radius 2 is 1.38 bits per heavy atom. The van der Waals surface area contributed by atoms with Gasteiger partial charge >= 0.3 is 0 Å². The number of hydrogen-bond acceptors (Lipinski definition) is 7. The van der Waals surface area contributed by atoms with E-state index < -0.39 is 37.1 Å². The van der Waals surface area contributed by atoms with Crippen molar-refractivity contribution in [1.29, 1.82) is 0 Å². The van der Waals surface area contributed by atoms with Gasteiger partial charge in [-0.2, -0.15) is 0 Å². The minimum Gasteiger partial charge on any atom is -1.00 e. The molecule has 1 fully saturated rings. The monoisotopic (exact) mass is 373 g/mol. The van der Waals surface area contributed by atoms with Gasteiger partial charge in [0.15, 0.2) is 0 Å². The third-order valence-corrected chi connectivity index (χ3v) is 4.82. The van der Waals surface area contributed by atoms with Crippen LogP contribution in [-0.2, 0) is 4.74 Å². The highest BCUT2D eigenvalue weighted by Crippen LogP contribution is 2.39. The van der Waals surface area contributed by atoms with E-state index in [0.29, 0.717) is 13.0 Å². The minimum atomic E-state index is -0.983. The highest BCUT2D eigenvalue weighted by Gasteiger charge is 2.51. The molecule has 1 rings (SSSR count). The molecule has 0 radical (unpaired) electrons. The Kier molecular flexibility index (Phi) is 10.2. The molecule has 6 N–H and O–H groups in total. The number of aliphatic hydroxyl groups excluding tert-OH is 6. The summed E-state index contributed by atoms with van der Waals surface area (Å²) in [6.45, 7) is -0.410. The molecule has 8 nitrogen and oxygen atoms in total. The van der Waals surface area contributed by atoms with E-state index in [1.807, 2.05) is 14.1 Å². The summed E-state index contributed by atoms with van der Waals surface area (Å²) in [5.74, 6) is 0. The van der Waals surface area contributed by atoms with Crippen LogP contribution in [0.1, 0.15) is 19.3 Å². The lowest BCUT2D eigenvalue weighted by Crippen LogP contribution is -3.00. The van der Waals surface area contributed by atoms with Crippen molar-refractivity contribution < 1.29 is 52.3 Å². The lowest BCUT2D eigenvalue weighted by Gasteiger charge is -2.51. The summed E-state index contributed by atoms with van der Waals surface area (Å²) in [4.78, 5) is 0. The number of aliphatic hydroxyl groups is 6. The molecule has 1 saturated heterocycles. The Balaban J connectivity index is 0.00000529. The molecule has 24 heavy (non-hydrogen) atoms. The van der Waals surface area contributed by atoms with E-state index in [2.05, 4.69) is 0 Å². The fraction of sp³-hybridized carbons (Fsp3) is 1.00. The lowest BCUT2D eigenvalue weighted by atomic mass is 9.78. The number of quaternary nitrogens is 1. The van der Waals surface area contributed by atoms with Crippen LogP contribution in [0.4, 0.5) is 0 Å². The predicted molar refractivity (Wildman–Crippen MR) is 82.6 cm³/mol. The zero-order chi connectivity index (χ0) is 17.7. The summed E-state index contributed by atoms with van der Waals surface area (Å²) in [6, 6.07) is 0. The molecule has 4 unspecified atom stereocenters. The molecule has 9 heteroatoms. The van der Waals surface area contributed by atoms with Gasteiger partial charge in [-0.15, -0.1) is 0 Å². The van der Waals surface area contributed by atoms with Crippen LogP contribution in [0.25, 0.3) is 0 Å². The van der Waals surface area contributed by atoms with E-state index >= 15 is 0 Å². The topological polar surface area (TPSA) is 134 Å². The zero-order valence-electron chi connectivity index (χ0n) is 14.4. The Bertz CT molecular complexity index is 343. The largest absolute Gasteiger partial charge is 1.00 e. The van der Waals surface area contributed by atoms with Crippen LogP contribution in [0.5, 0.6) is 0 Å². The molecule has 0 aliphatic carbocycles. The summed E-state index contributed by atoms with van der Waals surface area (Å²) in [5.41, 5.74) is -0.721. The smallest absolute Gasteiger partial charge is 0.126 e. The molecular weight excluding hydrogens is 342 g/mol. The first-order valence-corrected chi connectivity index (χ1v) is 8.01. The lowest BCUT2D eigenvalue weighted by molar-refractivity contribution is -0.947. The zero-order valence-corrected chi connectivity index (χ0v) is 15.1. The maximum Gasteiger partial charge on any atom is 0.126 e. The fourth-order valence-corrected chi connectivity index (χ4v) is 3.39. The van der Waals surface area contributed by atoms with Gasteiger partial charge in [-0.25, -0.2) is 0 Å². The van der Waals surface area contributed by atoms with Gasteiger partial charge in [-0.05, 0) is 0 Å². The van der Waals surface area contributed by atoms with Crippen molar-refractivity contribution in [2.75, 3.05) is 47.1 Å². The molecule has 0 amide bonds. The summed E-state index contributed by atoms with van der Waals surface area (Å²) in [7, 11) is 3.69. The van der Waals surface area contributed by atoms with Crippen LogP contribution in [0, 0.1) is 0 Å². The molecule has 0 aromatic carbocycles. The van der Waals surface area contributed by atoms with Crippen molar-refractivity contribution in [2.24, 2.45) is 0 Å². The number of halogens is 1. The quantitative estimate of drug-likeness (QED) is 0.148. The molecule has 1 aliphatic rings. The number of hydrogen-bond donors (Lipinski definition) is 6. The maximum atomic E-state index is 10.0. The Morgan fingerprint density at radius 1 is 0.958 bits per heavy atom. The average Bonchev–Trinajstić information content (AvgIpc) is 3.29. The summed E-state index contributed by atoms with van der Waals surface area (Å²) >= 11 is 0. The third-order valence-electron chi connectivity index (χ3n) is 4.82. The Labute approximate surface area is 149 Å². The normalized spacial score (nSPS) is 23.8. The van der Waals surface area contributed by atoms with Gasteiger partial charge < -0.3 is 52.3 Å². The van der Waals surface area contributed by atoms with Crippen molar-refractivity contribution >= 4 is 0 Å². The highest BCUT2D eigenvalue weighted by atomic mass is 35.5. The highest BCUT2D eigenvalue weighted by molar-refractivity contribution is 4.92. The second-order valence-corrected chi connectivity index (χ2v) is 7.17.